The molecule has 0 radical (unpaired) electrons. The largest absolute Gasteiger partial charge is 0.494 e. The molecule has 0 saturated heterocycles. The van der Waals surface area contributed by atoms with Crippen LogP contribution in [-0.2, 0) is 9.59 Å². The topological polar surface area (TPSA) is 83.8 Å². The summed E-state index contributed by atoms with van der Waals surface area (Å²) >= 11 is 0. The van der Waals surface area contributed by atoms with E-state index < -0.39 is 0 Å². The lowest BCUT2D eigenvalue weighted by Gasteiger charge is -2.20. The third kappa shape index (κ3) is 7.18. The molecule has 2 unspecified atom stereocenters. The Kier molecular flexibility index (Phi) is 9.53. The van der Waals surface area contributed by atoms with Crippen LogP contribution in [0.25, 0.3) is 0 Å². The smallest absolute Gasteiger partial charge is 0.240 e. The zero-order valence-electron chi connectivity index (χ0n) is 26.2. The molecule has 0 fully saturated rings. The highest BCUT2D eigenvalue weighted by Gasteiger charge is 2.32. The van der Waals surface area contributed by atoms with Gasteiger partial charge < -0.3 is 9.47 Å². The van der Waals surface area contributed by atoms with E-state index in [-0.39, 0.29) is 23.9 Å². The predicted molar refractivity (Wildman–Crippen MR) is 179 cm³/mol. The van der Waals surface area contributed by atoms with Gasteiger partial charge in [-0.05, 0) is 83.6 Å². The zero-order valence-corrected chi connectivity index (χ0v) is 26.2. The van der Waals surface area contributed by atoms with Crippen LogP contribution in [0.5, 0.6) is 11.5 Å². The Labute approximate surface area is 270 Å². The van der Waals surface area contributed by atoms with Crippen LogP contribution in [0.3, 0.4) is 0 Å². The van der Waals surface area contributed by atoms with Gasteiger partial charge in [0.2, 0.25) is 11.8 Å². The molecule has 8 heteroatoms. The maximum Gasteiger partial charge on any atom is 0.240 e. The minimum atomic E-state index is -0.0853. The molecule has 2 atom stereocenters. The third-order valence-electron chi connectivity index (χ3n) is 8.29. The van der Waals surface area contributed by atoms with Crippen molar-refractivity contribution in [2.75, 3.05) is 13.2 Å². The average Bonchev–Trinajstić information content (AvgIpc) is 3.74. The first kappa shape index (κ1) is 30.8. The van der Waals surface area contributed by atoms with Crippen molar-refractivity contribution in [1.82, 2.24) is 10.0 Å². The maximum atomic E-state index is 12.3. The number of hydrogen-bond donors (Lipinski definition) is 0. The van der Waals surface area contributed by atoms with Crippen molar-refractivity contribution in [3.8, 4) is 11.5 Å². The fraction of sp³-hybridized carbons (Fsp3) is 0.263. The van der Waals surface area contributed by atoms with E-state index in [0.717, 1.165) is 58.0 Å². The summed E-state index contributed by atoms with van der Waals surface area (Å²) in [6.07, 6.45) is 3.07. The van der Waals surface area contributed by atoms with E-state index in [1.807, 2.05) is 109 Å². The first-order valence-corrected chi connectivity index (χ1v) is 15.8. The quantitative estimate of drug-likeness (QED) is 0.166. The van der Waals surface area contributed by atoms with Crippen LogP contribution in [0.15, 0.2) is 119 Å². The summed E-state index contributed by atoms with van der Waals surface area (Å²) in [5, 5.41) is 12.4. The highest BCUT2D eigenvalue weighted by atomic mass is 16.5. The van der Waals surface area contributed by atoms with E-state index in [1.54, 1.807) is 23.9 Å². The van der Waals surface area contributed by atoms with E-state index in [4.69, 9.17) is 9.47 Å². The van der Waals surface area contributed by atoms with Crippen molar-refractivity contribution in [2.24, 2.45) is 10.2 Å². The highest BCUT2D eigenvalue weighted by Crippen LogP contribution is 2.34. The summed E-state index contributed by atoms with van der Waals surface area (Å²) in [6, 6.07) is 35.7. The Balaban J connectivity index is 0.936. The van der Waals surface area contributed by atoms with Crippen molar-refractivity contribution < 1.29 is 19.1 Å². The number of hydrazone groups is 2. The first-order chi connectivity index (χ1) is 22.5. The Hall–Kier alpha value is -5.24. The number of rotatable bonds is 11. The van der Waals surface area contributed by atoms with Crippen LogP contribution in [0.4, 0.5) is 0 Å². The Morgan fingerprint density at radius 2 is 0.957 bits per heavy atom. The molecule has 0 N–H and O–H groups in total. The molecule has 46 heavy (non-hydrogen) atoms. The van der Waals surface area contributed by atoms with Gasteiger partial charge in [0, 0.05) is 26.7 Å². The van der Waals surface area contributed by atoms with Crippen LogP contribution in [-0.4, -0.2) is 46.5 Å². The van der Waals surface area contributed by atoms with Crippen molar-refractivity contribution in [2.45, 2.75) is 51.6 Å². The van der Waals surface area contributed by atoms with Gasteiger partial charge in [0.15, 0.2) is 0 Å². The molecule has 234 valence electrons. The summed E-state index contributed by atoms with van der Waals surface area (Å²) in [7, 11) is 0. The van der Waals surface area contributed by atoms with Crippen LogP contribution in [0.2, 0.25) is 0 Å². The van der Waals surface area contributed by atoms with E-state index in [9.17, 15) is 9.59 Å². The van der Waals surface area contributed by atoms with Crippen LogP contribution < -0.4 is 9.47 Å². The second kappa shape index (κ2) is 14.2. The molecule has 2 aliphatic heterocycles. The van der Waals surface area contributed by atoms with E-state index in [2.05, 4.69) is 10.2 Å². The predicted octanol–water partition coefficient (Wildman–Crippen LogP) is 7.32. The van der Waals surface area contributed by atoms with Gasteiger partial charge in [0.05, 0.1) is 36.7 Å². The lowest BCUT2D eigenvalue weighted by molar-refractivity contribution is -0.131. The van der Waals surface area contributed by atoms with E-state index >= 15 is 0 Å². The number of amides is 2. The number of carbonyl (C=O) groups is 2. The van der Waals surface area contributed by atoms with E-state index in [1.165, 1.54) is 0 Å². The standard InChI is InChI=1S/C38H38N4O4/c1-27(43)41-37(31-11-5-3-6-12-31)25-35(39-41)29-15-19-33(20-16-29)45-23-9-10-24-46-34-21-17-30(18-22-34)36-26-38(42(40-36)28(2)44)32-13-7-4-8-14-32/h3-8,11-22,37-38H,9-10,23-26H2,1-2H3. The average molecular weight is 615 g/mol. The van der Waals surface area contributed by atoms with Crippen LogP contribution in [0.1, 0.15) is 73.9 Å². The fourth-order valence-electron chi connectivity index (χ4n) is 5.89. The zero-order chi connectivity index (χ0) is 31.9. The van der Waals surface area contributed by atoms with Gasteiger partial charge in [-0.15, -0.1) is 0 Å². The third-order valence-corrected chi connectivity index (χ3v) is 8.29. The molecule has 0 spiro atoms. The molecule has 2 aliphatic rings. The van der Waals surface area contributed by atoms with Gasteiger partial charge in [-0.1, -0.05) is 60.7 Å². The van der Waals surface area contributed by atoms with Gasteiger partial charge in [-0.2, -0.15) is 10.2 Å². The molecule has 4 aromatic rings. The summed E-state index contributed by atoms with van der Waals surface area (Å²) in [4.78, 5) is 24.5. The van der Waals surface area contributed by atoms with Crippen molar-refractivity contribution in [3.63, 3.8) is 0 Å². The van der Waals surface area contributed by atoms with Gasteiger partial charge in [0.1, 0.15) is 11.5 Å². The van der Waals surface area contributed by atoms with Gasteiger partial charge in [-0.3, -0.25) is 9.59 Å². The van der Waals surface area contributed by atoms with Crippen LogP contribution in [0, 0.1) is 0 Å². The Bertz CT molecular complexity index is 1570. The lowest BCUT2D eigenvalue weighted by atomic mass is 9.98. The summed E-state index contributed by atoms with van der Waals surface area (Å²) in [5.41, 5.74) is 5.93. The molecule has 8 nitrogen and oxygen atoms in total. The number of hydrogen-bond acceptors (Lipinski definition) is 6. The van der Waals surface area contributed by atoms with Gasteiger partial charge in [-0.25, -0.2) is 10.0 Å². The summed E-state index contributed by atoms with van der Waals surface area (Å²) < 4.78 is 11.9. The van der Waals surface area contributed by atoms with E-state index in [0.29, 0.717) is 26.1 Å². The molecule has 4 aromatic carbocycles. The molecular weight excluding hydrogens is 576 g/mol. The van der Waals surface area contributed by atoms with Crippen molar-refractivity contribution in [3.05, 3.63) is 131 Å². The molecule has 2 heterocycles. The molecule has 0 aromatic heterocycles. The van der Waals surface area contributed by atoms with Gasteiger partial charge in [0.25, 0.3) is 0 Å². The Morgan fingerprint density at radius 1 is 0.587 bits per heavy atom. The van der Waals surface area contributed by atoms with Crippen molar-refractivity contribution in [1.29, 1.82) is 0 Å². The minimum absolute atomic E-state index is 0.0664. The minimum Gasteiger partial charge on any atom is -0.494 e. The molecule has 0 bridgehead atoms. The van der Waals surface area contributed by atoms with Crippen LogP contribution >= 0.6 is 0 Å². The highest BCUT2D eigenvalue weighted by molar-refractivity contribution is 6.03. The van der Waals surface area contributed by atoms with Crippen molar-refractivity contribution >= 4 is 23.2 Å². The molecule has 0 aliphatic carbocycles. The number of ether oxygens (including phenoxy) is 2. The SMILES string of the molecule is CC(=O)N1N=C(c2ccc(OCCCCOc3ccc(C4=NN(C(C)=O)C(c5ccccc5)C4)cc3)cc2)CC1c1ccccc1. The number of nitrogens with zero attached hydrogens (tertiary/aromatic N) is 4. The molecule has 6 rings (SSSR count). The molecule has 0 saturated carbocycles. The lowest BCUT2D eigenvalue weighted by Crippen LogP contribution is -2.24. The monoisotopic (exact) mass is 614 g/mol. The maximum absolute atomic E-state index is 12.3. The summed E-state index contributed by atoms with van der Waals surface area (Å²) in [6.45, 7) is 4.29. The summed E-state index contributed by atoms with van der Waals surface area (Å²) in [5.74, 6) is 1.47. The molecular formula is C38H38N4O4. The second-order valence-corrected chi connectivity index (χ2v) is 11.5. The number of unbranched alkanes of at least 4 members (excludes halogenated alkanes) is 1. The second-order valence-electron chi connectivity index (χ2n) is 11.5. The van der Waals surface area contributed by atoms with Gasteiger partial charge >= 0.3 is 0 Å². The fourth-order valence-corrected chi connectivity index (χ4v) is 5.89. The first-order valence-electron chi connectivity index (χ1n) is 15.8. The molecule has 2 amide bonds. The Morgan fingerprint density at radius 3 is 1.30 bits per heavy atom. The normalized spacial score (nSPS) is 17.4. The number of carbonyl (C=O) groups excluding carboxylic acids is 2. The number of benzene rings is 4.